The molecule has 2 aromatic rings. The molecular formula is C28H36. The van der Waals surface area contributed by atoms with Crippen molar-refractivity contribution in [3.63, 3.8) is 0 Å². The van der Waals surface area contributed by atoms with Gasteiger partial charge < -0.3 is 0 Å². The molecule has 0 atom stereocenters. The van der Waals surface area contributed by atoms with Gasteiger partial charge in [0.2, 0.25) is 0 Å². The molecule has 28 heavy (non-hydrogen) atoms. The van der Waals surface area contributed by atoms with E-state index in [0.717, 1.165) is 0 Å². The zero-order valence-electron chi connectivity index (χ0n) is 18.7. The fourth-order valence-electron chi connectivity index (χ4n) is 5.31. The number of rotatable bonds is 2. The van der Waals surface area contributed by atoms with Crippen LogP contribution in [0.3, 0.4) is 0 Å². The van der Waals surface area contributed by atoms with E-state index in [4.69, 9.17) is 0 Å². The fourth-order valence-corrected chi connectivity index (χ4v) is 5.31. The summed E-state index contributed by atoms with van der Waals surface area (Å²) in [6.45, 7) is 14.2. The Labute approximate surface area is 172 Å². The van der Waals surface area contributed by atoms with Crippen LogP contribution in [-0.4, -0.2) is 0 Å². The predicted molar refractivity (Wildman–Crippen MR) is 122 cm³/mol. The van der Waals surface area contributed by atoms with Crippen LogP contribution >= 0.6 is 0 Å². The molecule has 0 aliphatic heterocycles. The number of fused-ring (bicyclic) bond motifs is 1. The summed E-state index contributed by atoms with van der Waals surface area (Å²) in [7, 11) is 0. The van der Waals surface area contributed by atoms with E-state index in [2.05, 4.69) is 77.9 Å². The van der Waals surface area contributed by atoms with Crippen molar-refractivity contribution >= 4 is 5.57 Å². The Balaban J connectivity index is 1.96. The molecule has 0 amide bonds. The van der Waals surface area contributed by atoms with Gasteiger partial charge in [-0.3, -0.25) is 0 Å². The van der Waals surface area contributed by atoms with Crippen molar-refractivity contribution in [1.29, 1.82) is 0 Å². The van der Waals surface area contributed by atoms with Gasteiger partial charge in [0, 0.05) is 0 Å². The Morgan fingerprint density at radius 2 is 1.29 bits per heavy atom. The lowest BCUT2D eigenvalue weighted by Gasteiger charge is -2.42. The van der Waals surface area contributed by atoms with Gasteiger partial charge in [0.05, 0.1) is 0 Å². The lowest BCUT2D eigenvalue weighted by Crippen LogP contribution is -2.34. The number of benzene rings is 2. The van der Waals surface area contributed by atoms with Gasteiger partial charge in [-0.25, -0.2) is 0 Å². The maximum absolute atomic E-state index is 2.58. The molecule has 1 fully saturated rings. The van der Waals surface area contributed by atoms with E-state index in [-0.39, 0.29) is 10.8 Å². The lowest BCUT2D eigenvalue weighted by atomic mass is 9.62. The first-order chi connectivity index (χ1) is 13.2. The second-order valence-electron chi connectivity index (χ2n) is 10.5. The van der Waals surface area contributed by atoms with Gasteiger partial charge in [0.25, 0.3) is 0 Å². The minimum atomic E-state index is 0.256. The van der Waals surface area contributed by atoms with Crippen molar-refractivity contribution in [3.05, 3.63) is 75.4 Å². The highest BCUT2D eigenvalue weighted by Gasteiger charge is 2.37. The van der Waals surface area contributed by atoms with Crippen molar-refractivity contribution in [1.82, 2.24) is 0 Å². The molecule has 0 heterocycles. The van der Waals surface area contributed by atoms with Crippen LogP contribution in [-0.2, 0) is 10.8 Å². The summed E-state index contributed by atoms with van der Waals surface area (Å²) in [5.74, 6) is 0. The molecule has 0 unspecified atom stereocenters. The highest BCUT2D eigenvalue weighted by Crippen LogP contribution is 2.48. The standard InChI is InChI=1S/C28H36/c1-19-11-13-22(14-12-19)26(21-9-7-8-10-21)23-18-25-24(17-20(23)2)27(3,4)15-16-28(25,5)6/h11-14,17-18H,7-10,15-16H2,1-6H3. The van der Waals surface area contributed by atoms with E-state index >= 15 is 0 Å². The lowest BCUT2D eigenvalue weighted by molar-refractivity contribution is 0.331. The summed E-state index contributed by atoms with van der Waals surface area (Å²) < 4.78 is 0. The normalized spacial score (nSPS) is 20.1. The molecule has 2 aliphatic rings. The molecule has 0 radical (unpaired) electrons. The SMILES string of the molecule is Cc1ccc(C(=C2CCCC2)c2cc3c(cc2C)C(C)(C)CCC3(C)C)cc1. The average Bonchev–Trinajstić information content (AvgIpc) is 3.16. The van der Waals surface area contributed by atoms with E-state index in [9.17, 15) is 0 Å². The second kappa shape index (κ2) is 6.90. The quantitative estimate of drug-likeness (QED) is 0.500. The van der Waals surface area contributed by atoms with Crippen molar-refractivity contribution in [2.75, 3.05) is 0 Å². The van der Waals surface area contributed by atoms with Crippen LogP contribution in [0.4, 0.5) is 0 Å². The average molecular weight is 373 g/mol. The van der Waals surface area contributed by atoms with Gasteiger partial charge in [-0.15, -0.1) is 0 Å². The Bertz CT molecular complexity index is 911. The van der Waals surface area contributed by atoms with Crippen molar-refractivity contribution < 1.29 is 0 Å². The van der Waals surface area contributed by atoms with Gasteiger partial charge in [-0.05, 0) is 96.6 Å². The summed E-state index contributed by atoms with van der Waals surface area (Å²) in [6.07, 6.45) is 7.74. The molecule has 0 heteroatoms. The molecule has 0 saturated heterocycles. The summed E-state index contributed by atoms with van der Waals surface area (Å²) in [5.41, 5.74) is 12.5. The van der Waals surface area contributed by atoms with Crippen molar-refractivity contribution in [2.45, 2.75) is 90.9 Å². The predicted octanol–water partition coefficient (Wildman–Crippen LogP) is 8.03. The maximum atomic E-state index is 2.58. The van der Waals surface area contributed by atoms with Gasteiger partial charge in [-0.2, -0.15) is 0 Å². The highest BCUT2D eigenvalue weighted by atomic mass is 14.4. The van der Waals surface area contributed by atoms with Crippen LogP contribution in [0.5, 0.6) is 0 Å². The van der Waals surface area contributed by atoms with Crippen LogP contribution in [0.25, 0.3) is 5.57 Å². The molecule has 4 rings (SSSR count). The topological polar surface area (TPSA) is 0 Å². The van der Waals surface area contributed by atoms with E-state index in [1.807, 2.05) is 0 Å². The third kappa shape index (κ3) is 3.36. The third-order valence-corrected chi connectivity index (χ3v) is 7.37. The monoisotopic (exact) mass is 372 g/mol. The number of hydrogen-bond acceptors (Lipinski definition) is 0. The summed E-state index contributed by atoms with van der Waals surface area (Å²) in [4.78, 5) is 0. The van der Waals surface area contributed by atoms with Crippen molar-refractivity contribution in [3.8, 4) is 0 Å². The Kier molecular flexibility index (Phi) is 4.81. The molecule has 1 saturated carbocycles. The Morgan fingerprint density at radius 1 is 0.750 bits per heavy atom. The van der Waals surface area contributed by atoms with Crippen LogP contribution in [0.1, 0.15) is 99.6 Å². The molecule has 2 aliphatic carbocycles. The summed E-state index contributed by atoms with van der Waals surface area (Å²) in [5, 5.41) is 0. The van der Waals surface area contributed by atoms with Gasteiger partial charge in [-0.1, -0.05) is 75.2 Å². The fraction of sp³-hybridized carbons (Fsp3) is 0.500. The molecular weight excluding hydrogens is 336 g/mol. The zero-order chi connectivity index (χ0) is 20.1. The number of aryl methyl sites for hydroxylation is 2. The first-order valence-electron chi connectivity index (χ1n) is 11.1. The molecule has 0 nitrogen and oxygen atoms in total. The Morgan fingerprint density at radius 3 is 1.86 bits per heavy atom. The Hall–Kier alpha value is -1.82. The molecule has 0 spiro atoms. The smallest absolute Gasteiger partial charge is 0.0100 e. The second-order valence-corrected chi connectivity index (χ2v) is 10.5. The van der Waals surface area contributed by atoms with Crippen LogP contribution < -0.4 is 0 Å². The van der Waals surface area contributed by atoms with E-state index in [0.29, 0.717) is 0 Å². The van der Waals surface area contributed by atoms with Crippen LogP contribution in [0.15, 0.2) is 42.0 Å². The van der Waals surface area contributed by atoms with Gasteiger partial charge in [0.1, 0.15) is 0 Å². The summed E-state index contributed by atoms with van der Waals surface area (Å²) in [6, 6.07) is 14.3. The third-order valence-electron chi connectivity index (χ3n) is 7.37. The van der Waals surface area contributed by atoms with Gasteiger partial charge >= 0.3 is 0 Å². The van der Waals surface area contributed by atoms with Crippen LogP contribution in [0, 0.1) is 13.8 Å². The molecule has 0 aromatic heterocycles. The minimum Gasteiger partial charge on any atom is -0.0618 e. The highest BCUT2D eigenvalue weighted by molar-refractivity contribution is 5.84. The van der Waals surface area contributed by atoms with Gasteiger partial charge in [0.15, 0.2) is 0 Å². The maximum Gasteiger partial charge on any atom is -0.0100 e. The summed E-state index contributed by atoms with van der Waals surface area (Å²) >= 11 is 0. The van der Waals surface area contributed by atoms with E-state index < -0.39 is 0 Å². The van der Waals surface area contributed by atoms with Crippen LogP contribution in [0.2, 0.25) is 0 Å². The van der Waals surface area contributed by atoms with Crippen molar-refractivity contribution in [2.24, 2.45) is 0 Å². The first-order valence-corrected chi connectivity index (χ1v) is 11.1. The zero-order valence-corrected chi connectivity index (χ0v) is 18.7. The largest absolute Gasteiger partial charge is 0.0618 e. The van der Waals surface area contributed by atoms with E-state index in [1.54, 1.807) is 16.7 Å². The number of allylic oxidation sites excluding steroid dienone is 1. The molecule has 148 valence electrons. The molecule has 0 bridgehead atoms. The molecule has 2 aromatic carbocycles. The first kappa shape index (κ1) is 19.5. The number of hydrogen-bond donors (Lipinski definition) is 0. The van der Waals surface area contributed by atoms with E-state index in [1.165, 1.54) is 66.4 Å². The minimum absolute atomic E-state index is 0.256. The molecule has 0 N–H and O–H groups in total.